The molecule has 1 amide bonds. The van der Waals surface area contributed by atoms with Crippen LogP contribution in [0.5, 0.6) is 0 Å². The Balaban J connectivity index is 1.96. The SMILES string of the molecule is Cc1ccc(CC(=O)Nc2ccccc2)cc1. The van der Waals surface area contributed by atoms with Gasteiger partial charge in [-0.3, -0.25) is 4.79 Å². The van der Waals surface area contributed by atoms with Gasteiger partial charge in [0, 0.05) is 5.69 Å². The third kappa shape index (κ3) is 3.45. The fraction of sp³-hybridized carbons (Fsp3) is 0.133. The van der Waals surface area contributed by atoms with E-state index in [0.29, 0.717) is 6.42 Å². The molecule has 2 aromatic carbocycles. The van der Waals surface area contributed by atoms with E-state index in [1.807, 2.05) is 61.5 Å². The molecule has 0 spiro atoms. The number of nitrogens with one attached hydrogen (secondary N) is 1. The first-order chi connectivity index (χ1) is 8.24. The number of amides is 1. The second-order valence-corrected chi connectivity index (χ2v) is 4.08. The van der Waals surface area contributed by atoms with Gasteiger partial charge in [-0.1, -0.05) is 48.0 Å². The number of hydrogen-bond donors (Lipinski definition) is 1. The molecule has 0 atom stereocenters. The van der Waals surface area contributed by atoms with Crippen LogP contribution < -0.4 is 5.32 Å². The van der Waals surface area contributed by atoms with Crippen molar-refractivity contribution in [1.29, 1.82) is 0 Å². The van der Waals surface area contributed by atoms with Crippen LogP contribution in [-0.4, -0.2) is 5.91 Å². The fourth-order valence-corrected chi connectivity index (χ4v) is 1.62. The average Bonchev–Trinajstić information content (AvgIpc) is 2.33. The molecule has 0 heterocycles. The molecule has 0 aliphatic rings. The second kappa shape index (κ2) is 5.30. The normalized spacial score (nSPS) is 9.94. The summed E-state index contributed by atoms with van der Waals surface area (Å²) in [4.78, 5) is 11.8. The van der Waals surface area contributed by atoms with Crippen LogP contribution in [0.1, 0.15) is 11.1 Å². The van der Waals surface area contributed by atoms with Crippen molar-refractivity contribution in [2.45, 2.75) is 13.3 Å². The van der Waals surface area contributed by atoms with Gasteiger partial charge in [0.1, 0.15) is 0 Å². The van der Waals surface area contributed by atoms with Gasteiger partial charge in [0.15, 0.2) is 0 Å². The average molecular weight is 225 g/mol. The summed E-state index contributed by atoms with van der Waals surface area (Å²) in [5.74, 6) is 0.0139. The summed E-state index contributed by atoms with van der Waals surface area (Å²) in [6, 6.07) is 17.5. The molecule has 2 aromatic rings. The van der Waals surface area contributed by atoms with Crippen molar-refractivity contribution in [3.8, 4) is 0 Å². The van der Waals surface area contributed by atoms with Crippen molar-refractivity contribution in [1.82, 2.24) is 0 Å². The van der Waals surface area contributed by atoms with Crippen LogP contribution in [0.15, 0.2) is 54.6 Å². The molecule has 0 bridgehead atoms. The maximum Gasteiger partial charge on any atom is 0.228 e. The molecular weight excluding hydrogens is 210 g/mol. The van der Waals surface area contributed by atoms with Gasteiger partial charge in [0.25, 0.3) is 0 Å². The first kappa shape index (κ1) is 11.4. The van der Waals surface area contributed by atoms with Gasteiger partial charge >= 0.3 is 0 Å². The van der Waals surface area contributed by atoms with Crippen molar-refractivity contribution >= 4 is 11.6 Å². The molecule has 1 N–H and O–H groups in total. The molecule has 0 radical (unpaired) electrons. The van der Waals surface area contributed by atoms with E-state index in [9.17, 15) is 4.79 Å². The summed E-state index contributed by atoms with van der Waals surface area (Å²) >= 11 is 0. The zero-order valence-corrected chi connectivity index (χ0v) is 9.81. The highest BCUT2D eigenvalue weighted by molar-refractivity contribution is 5.92. The van der Waals surface area contributed by atoms with Crippen molar-refractivity contribution in [2.24, 2.45) is 0 Å². The molecule has 2 nitrogen and oxygen atoms in total. The van der Waals surface area contributed by atoms with E-state index >= 15 is 0 Å². The third-order valence-corrected chi connectivity index (χ3v) is 2.54. The third-order valence-electron chi connectivity index (χ3n) is 2.54. The van der Waals surface area contributed by atoms with Gasteiger partial charge in [-0.05, 0) is 24.6 Å². The number of benzene rings is 2. The van der Waals surface area contributed by atoms with Crippen molar-refractivity contribution in [3.05, 3.63) is 65.7 Å². The Morgan fingerprint density at radius 2 is 1.65 bits per heavy atom. The lowest BCUT2D eigenvalue weighted by Gasteiger charge is -2.05. The van der Waals surface area contributed by atoms with Crippen LogP contribution in [-0.2, 0) is 11.2 Å². The molecule has 0 saturated heterocycles. The molecule has 0 aliphatic carbocycles. The monoisotopic (exact) mass is 225 g/mol. The Labute approximate surface area is 101 Å². The summed E-state index contributed by atoms with van der Waals surface area (Å²) < 4.78 is 0. The number of carbonyl (C=O) groups is 1. The Kier molecular flexibility index (Phi) is 3.55. The first-order valence-corrected chi connectivity index (χ1v) is 5.64. The van der Waals surface area contributed by atoms with Gasteiger partial charge in [0.05, 0.1) is 6.42 Å². The lowest BCUT2D eigenvalue weighted by molar-refractivity contribution is -0.115. The fourth-order valence-electron chi connectivity index (χ4n) is 1.62. The van der Waals surface area contributed by atoms with E-state index in [2.05, 4.69) is 5.32 Å². The molecule has 0 saturated carbocycles. The van der Waals surface area contributed by atoms with E-state index in [-0.39, 0.29) is 5.91 Å². The summed E-state index contributed by atoms with van der Waals surface area (Å²) in [5.41, 5.74) is 3.07. The Morgan fingerprint density at radius 1 is 1.00 bits per heavy atom. The predicted molar refractivity (Wildman–Crippen MR) is 70.0 cm³/mol. The van der Waals surface area contributed by atoms with Crippen molar-refractivity contribution in [2.75, 3.05) is 5.32 Å². The molecular formula is C15H15NO. The second-order valence-electron chi connectivity index (χ2n) is 4.08. The lowest BCUT2D eigenvalue weighted by Crippen LogP contribution is -2.14. The van der Waals surface area contributed by atoms with E-state index in [1.165, 1.54) is 5.56 Å². The van der Waals surface area contributed by atoms with E-state index < -0.39 is 0 Å². The van der Waals surface area contributed by atoms with Crippen LogP contribution >= 0.6 is 0 Å². The molecule has 86 valence electrons. The molecule has 17 heavy (non-hydrogen) atoms. The minimum absolute atomic E-state index is 0.0139. The number of hydrogen-bond acceptors (Lipinski definition) is 1. The quantitative estimate of drug-likeness (QED) is 0.854. The highest BCUT2D eigenvalue weighted by Crippen LogP contribution is 2.08. The van der Waals surface area contributed by atoms with Gasteiger partial charge < -0.3 is 5.32 Å². The van der Waals surface area contributed by atoms with Crippen LogP contribution in [0.25, 0.3) is 0 Å². The molecule has 2 rings (SSSR count). The lowest BCUT2D eigenvalue weighted by atomic mass is 10.1. The van der Waals surface area contributed by atoms with Gasteiger partial charge in [-0.25, -0.2) is 0 Å². The number of para-hydroxylation sites is 1. The van der Waals surface area contributed by atoms with Crippen molar-refractivity contribution < 1.29 is 4.79 Å². The Bertz CT molecular complexity index is 488. The summed E-state index contributed by atoms with van der Waals surface area (Å²) in [5, 5.41) is 2.87. The highest BCUT2D eigenvalue weighted by atomic mass is 16.1. The van der Waals surface area contributed by atoms with Gasteiger partial charge in [-0.15, -0.1) is 0 Å². The smallest absolute Gasteiger partial charge is 0.228 e. The number of anilines is 1. The molecule has 0 fully saturated rings. The van der Waals surface area contributed by atoms with E-state index in [0.717, 1.165) is 11.3 Å². The molecule has 0 aliphatic heterocycles. The Morgan fingerprint density at radius 3 is 2.29 bits per heavy atom. The number of carbonyl (C=O) groups excluding carboxylic acids is 1. The minimum atomic E-state index is 0.0139. The van der Waals surface area contributed by atoms with Crippen LogP contribution in [0.4, 0.5) is 5.69 Å². The van der Waals surface area contributed by atoms with Crippen LogP contribution in [0.3, 0.4) is 0 Å². The minimum Gasteiger partial charge on any atom is -0.326 e. The van der Waals surface area contributed by atoms with E-state index in [4.69, 9.17) is 0 Å². The van der Waals surface area contributed by atoms with Crippen molar-refractivity contribution in [3.63, 3.8) is 0 Å². The van der Waals surface area contributed by atoms with Crippen LogP contribution in [0, 0.1) is 6.92 Å². The highest BCUT2D eigenvalue weighted by Gasteiger charge is 2.03. The number of rotatable bonds is 3. The van der Waals surface area contributed by atoms with Crippen LogP contribution in [0.2, 0.25) is 0 Å². The standard InChI is InChI=1S/C15H15NO/c1-12-7-9-13(10-8-12)11-15(17)16-14-5-3-2-4-6-14/h2-10H,11H2,1H3,(H,16,17). The predicted octanol–water partition coefficient (Wildman–Crippen LogP) is 3.18. The maximum absolute atomic E-state index is 11.8. The van der Waals surface area contributed by atoms with Gasteiger partial charge in [-0.2, -0.15) is 0 Å². The Hall–Kier alpha value is -2.09. The maximum atomic E-state index is 11.8. The largest absolute Gasteiger partial charge is 0.326 e. The van der Waals surface area contributed by atoms with E-state index in [1.54, 1.807) is 0 Å². The molecule has 2 heteroatoms. The van der Waals surface area contributed by atoms with Gasteiger partial charge in [0.2, 0.25) is 5.91 Å². The summed E-state index contributed by atoms with van der Waals surface area (Å²) in [7, 11) is 0. The zero-order valence-electron chi connectivity index (χ0n) is 9.81. The molecule has 0 unspecified atom stereocenters. The zero-order chi connectivity index (χ0) is 12.1. The molecule has 0 aromatic heterocycles. The topological polar surface area (TPSA) is 29.1 Å². The summed E-state index contributed by atoms with van der Waals surface area (Å²) in [6.07, 6.45) is 0.412. The first-order valence-electron chi connectivity index (χ1n) is 5.64. The number of aryl methyl sites for hydroxylation is 1. The summed E-state index contributed by atoms with van der Waals surface area (Å²) in [6.45, 7) is 2.04.